The fourth-order valence-electron chi connectivity index (χ4n) is 1.43. The number of esters is 1. The first-order valence-electron chi connectivity index (χ1n) is 6.28. The number of rotatable bonds is 3. The second-order valence-corrected chi connectivity index (χ2v) is 5.97. The molecule has 0 spiro atoms. The van der Waals surface area contributed by atoms with Gasteiger partial charge in [-0.15, -0.1) is 0 Å². The Morgan fingerprint density at radius 3 is 2.19 bits per heavy atom. The summed E-state index contributed by atoms with van der Waals surface area (Å²) in [4.78, 5) is 23.7. The number of hydrogen-bond donors (Lipinski definition) is 1. The second kappa shape index (κ2) is 7.26. The van der Waals surface area contributed by atoms with Gasteiger partial charge in [0, 0.05) is 0 Å². The third-order valence-electron chi connectivity index (χ3n) is 2.26. The largest absolute Gasteiger partial charge is 0.464 e. The highest BCUT2D eigenvalue weighted by Gasteiger charge is 2.22. The van der Waals surface area contributed by atoms with Crippen LogP contribution in [0, 0.1) is 0 Å². The average molecular weight is 356 g/mol. The van der Waals surface area contributed by atoms with Crippen LogP contribution in [-0.2, 0) is 14.3 Å². The molecule has 1 amide bonds. The Kier molecular flexibility index (Phi) is 5.96. The normalized spacial score (nSPS) is 12.2. The molecule has 0 fully saturated rings. The lowest BCUT2D eigenvalue weighted by Gasteiger charge is -2.20. The number of hydrogen-bond acceptors (Lipinski definition) is 4. The summed E-state index contributed by atoms with van der Waals surface area (Å²) in [6, 6.07) is 9.08. The van der Waals surface area contributed by atoms with Gasteiger partial charge in [0.25, 0.3) is 0 Å². The maximum absolute atomic E-state index is 11.8. The highest BCUT2D eigenvalue weighted by atomic mass is 79.9. The van der Waals surface area contributed by atoms with Gasteiger partial charge in [0.15, 0.2) is 0 Å². The van der Waals surface area contributed by atoms with Gasteiger partial charge in [-0.25, -0.2) is 9.59 Å². The average Bonchev–Trinajstić information content (AvgIpc) is 2.42. The lowest BCUT2D eigenvalue weighted by Crippen LogP contribution is -2.34. The van der Waals surface area contributed by atoms with Crippen molar-refractivity contribution >= 4 is 32.5 Å². The molecule has 1 aromatic rings. The zero-order valence-corrected chi connectivity index (χ0v) is 14.0. The summed E-state index contributed by atoms with van der Waals surface area (Å²) < 4.78 is 10.2. The number of alkyl carbamates (subject to hydrolysis) is 1. The monoisotopic (exact) mass is 355 g/mol. The predicted molar refractivity (Wildman–Crippen MR) is 83.7 cm³/mol. The molecular formula is C15H18BrNO4. The van der Waals surface area contributed by atoms with Gasteiger partial charge in [-0.05, 0) is 42.3 Å². The molecule has 6 heteroatoms. The Balaban J connectivity index is 3.07. The van der Waals surface area contributed by atoms with Crippen LogP contribution < -0.4 is 5.32 Å². The SMILES string of the molecule is COC(=O)/C(NC(=O)OC(C)(C)C)=C(/Br)c1ccccc1. The first-order valence-corrected chi connectivity index (χ1v) is 7.07. The highest BCUT2D eigenvalue weighted by Crippen LogP contribution is 2.24. The molecule has 0 aliphatic carbocycles. The van der Waals surface area contributed by atoms with Gasteiger partial charge in [0.2, 0.25) is 0 Å². The minimum Gasteiger partial charge on any atom is -0.464 e. The van der Waals surface area contributed by atoms with Crippen molar-refractivity contribution < 1.29 is 19.1 Å². The lowest BCUT2D eigenvalue weighted by molar-refractivity contribution is -0.136. The zero-order valence-electron chi connectivity index (χ0n) is 12.4. The van der Waals surface area contributed by atoms with E-state index in [1.165, 1.54) is 7.11 Å². The maximum atomic E-state index is 11.8. The minimum atomic E-state index is -0.726. The Morgan fingerprint density at radius 1 is 1.14 bits per heavy atom. The van der Waals surface area contributed by atoms with Gasteiger partial charge < -0.3 is 9.47 Å². The van der Waals surface area contributed by atoms with Crippen molar-refractivity contribution in [2.45, 2.75) is 26.4 Å². The van der Waals surface area contributed by atoms with Crippen LogP contribution in [-0.4, -0.2) is 24.8 Å². The quantitative estimate of drug-likeness (QED) is 0.666. The van der Waals surface area contributed by atoms with Crippen LogP contribution in [0.3, 0.4) is 0 Å². The van der Waals surface area contributed by atoms with E-state index >= 15 is 0 Å². The smallest absolute Gasteiger partial charge is 0.412 e. The second-order valence-electron chi connectivity index (χ2n) is 5.17. The Bertz CT molecular complexity index is 547. The topological polar surface area (TPSA) is 64.6 Å². The van der Waals surface area contributed by atoms with Crippen LogP contribution >= 0.6 is 15.9 Å². The number of amides is 1. The molecule has 0 saturated heterocycles. The summed E-state index contributed by atoms with van der Waals surface area (Å²) in [6.45, 7) is 5.21. The van der Waals surface area contributed by atoms with Crippen molar-refractivity contribution in [1.82, 2.24) is 5.32 Å². The highest BCUT2D eigenvalue weighted by molar-refractivity contribution is 9.15. The fraction of sp³-hybridized carbons (Fsp3) is 0.333. The van der Waals surface area contributed by atoms with Crippen molar-refractivity contribution in [3.05, 3.63) is 41.6 Å². The van der Waals surface area contributed by atoms with Gasteiger partial charge in [-0.2, -0.15) is 0 Å². The third-order valence-corrected chi connectivity index (χ3v) is 3.12. The maximum Gasteiger partial charge on any atom is 0.412 e. The van der Waals surface area contributed by atoms with Crippen LogP contribution in [0.5, 0.6) is 0 Å². The van der Waals surface area contributed by atoms with E-state index in [-0.39, 0.29) is 5.70 Å². The minimum absolute atomic E-state index is 0.0158. The van der Waals surface area contributed by atoms with Crippen LogP contribution in [0.25, 0.3) is 4.48 Å². The van der Waals surface area contributed by atoms with Crippen molar-refractivity contribution in [3.63, 3.8) is 0 Å². The number of methoxy groups -OCH3 is 1. The first kappa shape index (κ1) is 17.2. The Hall–Kier alpha value is -1.82. The molecule has 1 aromatic carbocycles. The summed E-state index contributed by atoms with van der Waals surface area (Å²) in [5, 5.41) is 2.42. The summed E-state index contributed by atoms with van der Waals surface area (Å²) in [7, 11) is 1.24. The molecule has 0 aromatic heterocycles. The molecule has 0 heterocycles. The summed E-state index contributed by atoms with van der Waals surface area (Å²) in [5.74, 6) is -0.670. The molecule has 1 rings (SSSR count). The van der Waals surface area contributed by atoms with E-state index in [0.29, 0.717) is 4.48 Å². The van der Waals surface area contributed by atoms with Crippen molar-refractivity contribution in [2.75, 3.05) is 7.11 Å². The van der Waals surface area contributed by atoms with E-state index in [1.54, 1.807) is 32.9 Å². The van der Waals surface area contributed by atoms with Gasteiger partial charge >= 0.3 is 12.1 Å². The van der Waals surface area contributed by atoms with Gasteiger partial charge in [0.1, 0.15) is 11.3 Å². The molecule has 114 valence electrons. The van der Waals surface area contributed by atoms with Gasteiger partial charge in [-0.1, -0.05) is 30.3 Å². The van der Waals surface area contributed by atoms with E-state index < -0.39 is 17.7 Å². The molecule has 1 N–H and O–H groups in total. The van der Waals surface area contributed by atoms with Crippen molar-refractivity contribution in [1.29, 1.82) is 0 Å². The number of ether oxygens (including phenoxy) is 2. The molecule has 5 nitrogen and oxygen atoms in total. The number of benzene rings is 1. The number of nitrogens with one attached hydrogen (secondary N) is 1. The molecule has 0 aliphatic rings. The van der Waals surface area contributed by atoms with E-state index in [2.05, 4.69) is 26.0 Å². The molecule has 0 bridgehead atoms. The van der Waals surface area contributed by atoms with Crippen LogP contribution in [0.1, 0.15) is 26.3 Å². The number of carbonyl (C=O) groups is 2. The third kappa shape index (κ3) is 5.59. The van der Waals surface area contributed by atoms with E-state index in [0.717, 1.165) is 5.56 Å². The molecule has 21 heavy (non-hydrogen) atoms. The Morgan fingerprint density at radius 2 is 1.71 bits per heavy atom. The number of halogens is 1. The molecule has 0 radical (unpaired) electrons. The molecule has 0 saturated carbocycles. The standard InChI is InChI=1S/C15H18BrNO4/c1-15(2,3)21-14(19)17-12(13(18)20-4)11(16)10-8-6-5-7-9-10/h5-9H,1-4H3,(H,17,19)/b12-11-. The van der Waals surface area contributed by atoms with Crippen molar-refractivity contribution in [3.8, 4) is 0 Å². The molecule has 0 atom stereocenters. The van der Waals surface area contributed by atoms with Gasteiger partial charge in [-0.3, -0.25) is 5.32 Å². The van der Waals surface area contributed by atoms with Crippen LogP contribution in [0.4, 0.5) is 4.79 Å². The van der Waals surface area contributed by atoms with Crippen molar-refractivity contribution in [2.24, 2.45) is 0 Å². The molecule has 0 unspecified atom stereocenters. The van der Waals surface area contributed by atoms with E-state index in [9.17, 15) is 9.59 Å². The molecule has 0 aliphatic heterocycles. The van der Waals surface area contributed by atoms with Crippen LogP contribution in [0.15, 0.2) is 36.0 Å². The number of carbonyl (C=O) groups excluding carboxylic acids is 2. The van der Waals surface area contributed by atoms with E-state index in [1.807, 2.05) is 18.2 Å². The van der Waals surface area contributed by atoms with E-state index in [4.69, 9.17) is 4.74 Å². The molecular weight excluding hydrogens is 338 g/mol. The zero-order chi connectivity index (χ0) is 16.0. The predicted octanol–water partition coefficient (Wildman–Crippen LogP) is 3.45. The summed E-state index contributed by atoms with van der Waals surface area (Å²) >= 11 is 3.31. The summed E-state index contributed by atoms with van der Waals surface area (Å²) in [6.07, 6.45) is -0.726. The summed E-state index contributed by atoms with van der Waals surface area (Å²) in [5.41, 5.74) is 0.0526. The van der Waals surface area contributed by atoms with Gasteiger partial charge in [0.05, 0.1) is 11.6 Å². The van der Waals surface area contributed by atoms with Crippen LogP contribution in [0.2, 0.25) is 0 Å². The fourth-order valence-corrected chi connectivity index (χ4v) is 1.96. The first-order chi connectivity index (χ1) is 9.74. The lowest BCUT2D eigenvalue weighted by atomic mass is 10.2. The Labute approximate surface area is 132 Å².